The minimum Gasteiger partial charge on any atom is -0.326 e. The summed E-state index contributed by atoms with van der Waals surface area (Å²) >= 11 is 0. The van der Waals surface area contributed by atoms with Crippen LogP contribution in [0.4, 0.5) is 15.8 Å². The summed E-state index contributed by atoms with van der Waals surface area (Å²) < 4.78 is 13.2. The maximum Gasteiger partial charge on any atom is 0.231 e. The second-order valence-electron chi connectivity index (χ2n) is 6.84. The molecule has 1 saturated carbocycles. The molecule has 3 unspecified atom stereocenters. The lowest BCUT2D eigenvalue weighted by molar-refractivity contribution is -0.123. The van der Waals surface area contributed by atoms with Gasteiger partial charge in [0.1, 0.15) is 5.82 Å². The summed E-state index contributed by atoms with van der Waals surface area (Å²) in [5.41, 5.74) is 2.55. The third kappa shape index (κ3) is 2.90. The summed E-state index contributed by atoms with van der Waals surface area (Å²) in [5, 5.41) is 2.70. The van der Waals surface area contributed by atoms with Crippen molar-refractivity contribution in [1.82, 2.24) is 0 Å². The Bertz CT molecular complexity index is 851. The number of hydrogen-bond acceptors (Lipinski definition) is 2. The zero-order chi connectivity index (χ0) is 17.6. The molecule has 0 saturated heterocycles. The summed E-state index contributed by atoms with van der Waals surface area (Å²) in [6, 6.07) is 13.8. The zero-order valence-corrected chi connectivity index (χ0v) is 13.9. The third-order valence-electron chi connectivity index (χ3n) is 4.98. The lowest BCUT2D eigenvalue weighted by Crippen LogP contribution is -2.37. The van der Waals surface area contributed by atoms with Crippen molar-refractivity contribution in [3.63, 3.8) is 0 Å². The van der Waals surface area contributed by atoms with E-state index in [1.807, 2.05) is 36.1 Å². The van der Waals surface area contributed by atoms with Crippen LogP contribution in [0.2, 0.25) is 0 Å². The SMILES string of the molecule is CC1Cc2ccccc2N1C(=O)C1CC1C(=O)Nc1cccc(F)c1. The quantitative estimate of drug-likeness (QED) is 0.933. The Morgan fingerprint density at radius 2 is 1.92 bits per heavy atom. The van der Waals surface area contributed by atoms with Crippen molar-refractivity contribution in [2.45, 2.75) is 25.8 Å². The van der Waals surface area contributed by atoms with Gasteiger partial charge >= 0.3 is 0 Å². The minimum absolute atomic E-state index is 0.0110. The van der Waals surface area contributed by atoms with E-state index < -0.39 is 5.82 Å². The molecule has 0 bridgehead atoms. The average molecular weight is 338 g/mol. The molecule has 2 aromatic rings. The summed E-state index contributed by atoms with van der Waals surface area (Å²) in [5.74, 6) is -1.23. The fraction of sp³-hybridized carbons (Fsp3) is 0.300. The molecular formula is C20H19FN2O2. The Hall–Kier alpha value is -2.69. The van der Waals surface area contributed by atoms with E-state index in [0.717, 1.165) is 12.1 Å². The number of halogens is 1. The smallest absolute Gasteiger partial charge is 0.231 e. The van der Waals surface area contributed by atoms with E-state index in [-0.39, 0.29) is 29.7 Å². The minimum atomic E-state index is -0.399. The summed E-state index contributed by atoms with van der Waals surface area (Å²) in [6.07, 6.45) is 1.39. The summed E-state index contributed by atoms with van der Waals surface area (Å²) in [4.78, 5) is 27.1. The first kappa shape index (κ1) is 15.8. The second-order valence-corrected chi connectivity index (χ2v) is 6.84. The fourth-order valence-corrected chi connectivity index (χ4v) is 3.64. The van der Waals surface area contributed by atoms with E-state index in [2.05, 4.69) is 5.32 Å². The van der Waals surface area contributed by atoms with Crippen molar-refractivity contribution in [3.8, 4) is 0 Å². The molecule has 1 N–H and O–H groups in total. The molecule has 2 aromatic carbocycles. The van der Waals surface area contributed by atoms with Crippen LogP contribution in [0.1, 0.15) is 18.9 Å². The number of rotatable bonds is 3. The molecule has 1 aliphatic carbocycles. The first-order chi connectivity index (χ1) is 12.0. The Morgan fingerprint density at radius 3 is 2.72 bits per heavy atom. The largest absolute Gasteiger partial charge is 0.326 e. The Morgan fingerprint density at radius 1 is 1.12 bits per heavy atom. The predicted molar refractivity (Wildman–Crippen MR) is 93.7 cm³/mol. The van der Waals surface area contributed by atoms with Gasteiger partial charge in [-0.25, -0.2) is 4.39 Å². The average Bonchev–Trinajstić information content (AvgIpc) is 3.31. The van der Waals surface area contributed by atoms with Gasteiger partial charge < -0.3 is 10.2 Å². The van der Waals surface area contributed by atoms with Crippen molar-refractivity contribution in [1.29, 1.82) is 0 Å². The number of nitrogens with zero attached hydrogens (tertiary/aromatic N) is 1. The number of amides is 2. The molecule has 1 aliphatic heterocycles. The first-order valence-corrected chi connectivity index (χ1v) is 8.52. The van der Waals surface area contributed by atoms with Gasteiger partial charge in [0.15, 0.2) is 0 Å². The van der Waals surface area contributed by atoms with E-state index >= 15 is 0 Å². The van der Waals surface area contributed by atoms with Gasteiger partial charge in [0.25, 0.3) is 0 Å². The molecule has 3 atom stereocenters. The first-order valence-electron chi connectivity index (χ1n) is 8.52. The van der Waals surface area contributed by atoms with Crippen molar-refractivity contribution in [3.05, 3.63) is 59.9 Å². The van der Waals surface area contributed by atoms with Gasteiger partial charge in [-0.15, -0.1) is 0 Å². The number of nitrogens with one attached hydrogen (secondary N) is 1. The Labute approximate surface area is 145 Å². The Kier molecular flexibility index (Phi) is 3.79. The van der Waals surface area contributed by atoms with E-state index in [0.29, 0.717) is 12.1 Å². The molecule has 0 aromatic heterocycles. The van der Waals surface area contributed by atoms with E-state index in [1.54, 1.807) is 12.1 Å². The molecule has 25 heavy (non-hydrogen) atoms. The van der Waals surface area contributed by atoms with Gasteiger partial charge in [-0.05, 0) is 49.6 Å². The molecule has 1 heterocycles. The molecule has 0 spiro atoms. The van der Waals surface area contributed by atoms with Crippen molar-refractivity contribution in [2.75, 3.05) is 10.2 Å². The van der Waals surface area contributed by atoms with Crippen LogP contribution in [-0.4, -0.2) is 17.9 Å². The topological polar surface area (TPSA) is 49.4 Å². The van der Waals surface area contributed by atoms with Gasteiger partial charge in [0.2, 0.25) is 11.8 Å². The maximum absolute atomic E-state index is 13.2. The van der Waals surface area contributed by atoms with Crippen LogP contribution >= 0.6 is 0 Å². The van der Waals surface area contributed by atoms with Crippen LogP contribution in [0.25, 0.3) is 0 Å². The van der Waals surface area contributed by atoms with E-state index in [1.165, 1.54) is 17.7 Å². The molecule has 4 nitrogen and oxygen atoms in total. The van der Waals surface area contributed by atoms with Gasteiger partial charge in [-0.1, -0.05) is 24.3 Å². The molecule has 2 amide bonds. The molecule has 0 radical (unpaired) electrons. The van der Waals surface area contributed by atoms with Crippen LogP contribution in [0.5, 0.6) is 0 Å². The van der Waals surface area contributed by atoms with Gasteiger partial charge in [0.05, 0.1) is 11.8 Å². The van der Waals surface area contributed by atoms with Crippen LogP contribution in [0, 0.1) is 17.7 Å². The standard InChI is InChI=1S/C20H19FN2O2/c1-12-9-13-5-2-3-8-18(13)23(12)20(25)17-11-16(17)19(24)22-15-7-4-6-14(21)10-15/h2-8,10,12,16-17H,9,11H2,1H3,(H,22,24). The van der Waals surface area contributed by atoms with Gasteiger partial charge in [-0.2, -0.15) is 0 Å². The summed E-state index contributed by atoms with van der Waals surface area (Å²) in [6.45, 7) is 2.03. The molecule has 5 heteroatoms. The fourth-order valence-electron chi connectivity index (χ4n) is 3.64. The highest BCUT2D eigenvalue weighted by atomic mass is 19.1. The van der Waals surface area contributed by atoms with Crippen molar-refractivity contribution >= 4 is 23.2 Å². The monoisotopic (exact) mass is 338 g/mol. The van der Waals surface area contributed by atoms with Crippen molar-refractivity contribution in [2.24, 2.45) is 11.8 Å². The number of benzene rings is 2. The molecule has 1 fully saturated rings. The zero-order valence-electron chi connectivity index (χ0n) is 13.9. The molecule has 2 aliphatic rings. The van der Waals surface area contributed by atoms with Gasteiger partial charge in [0, 0.05) is 17.4 Å². The number of hydrogen-bond donors (Lipinski definition) is 1. The van der Waals surface area contributed by atoms with E-state index in [9.17, 15) is 14.0 Å². The van der Waals surface area contributed by atoms with Crippen LogP contribution in [-0.2, 0) is 16.0 Å². The number of carbonyl (C=O) groups excluding carboxylic acids is 2. The predicted octanol–water partition coefficient (Wildman–Crippen LogP) is 3.38. The lowest BCUT2D eigenvalue weighted by Gasteiger charge is -2.23. The van der Waals surface area contributed by atoms with Crippen LogP contribution < -0.4 is 10.2 Å². The summed E-state index contributed by atoms with van der Waals surface area (Å²) in [7, 11) is 0. The highest BCUT2D eigenvalue weighted by molar-refractivity contribution is 6.05. The molecule has 4 rings (SSSR count). The number of fused-ring (bicyclic) bond motifs is 1. The Balaban J connectivity index is 1.44. The van der Waals surface area contributed by atoms with Gasteiger partial charge in [-0.3, -0.25) is 9.59 Å². The normalized spacial score (nSPS) is 23.9. The van der Waals surface area contributed by atoms with Crippen LogP contribution in [0.15, 0.2) is 48.5 Å². The van der Waals surface area contributed by atoms with Crippen LogP contribution in [0.3, 0.4) is 0 Å². The van der Waals surface area contributed by atoms with Crippen molar-refractivity contribution < 1.29 is 14.0 Å². The molecule has 128 valence electrons. The second kappa shape index (κ2) is 5.99. The lowest BCUT2D eigenvalue weighted by atomic mass is 10.1. The third-order valence-corrected chi connectivity index (χ3v) is 4.98. The molecular weight excluding hydrogens is 319 g/mol. The highest BCUT2D eigenvalue weighted by Crippen LogP contribution is 2.44. The maximum atomic E-state index is 13.2. The number of carbonyl (C=O) groups is 2. The number of para-hydroxylation sites is 1. The van der Waals surface area contributed by atoms with E-state index in [4.69, 9.17) is 0 Å². The number of anilines is 2. The highest BCUT2D eigenvalue weighted by Gasteiger charge is 2.51.